The Morgan fingerprint density at radius 2 is 1.83 bits per heavy atom. The van der Waals surface area contributed by atoms with E-state index in [1.165, 1.54) is 0 Å². The molecule has 0 spiro atoms. The van der Waals surface area contributed by atoms with Crippen LogP contribution in [0.25, 0.3) is 22.8 Å². The van der Waals surface area contributed by atoms with E-state index in [1.54, 1.807) is 29.5 Å². The van der Waals surface area contributed by atoms with E-state index in [0.29, 0.717) is 23.1 Å². The van der Waals surface area contributed by atoms with Gasteiger partial charge in [0.05, 0.1) is 0 Å². The maximum atomic E-state index is 5.73. The fourth-order valence-corrected chi connectivity index (χ4v) is 2.28. The quantitative estimate of drug-likeness (QED) is 0.689. The monoisotopic (exact) mass is 258 g/mol. The maximum Gasteiger partial charge on any atom is 0.258 e. The van der Waals surface area contributed by atoms with E-state index in [2.05, 4.69) is 10.1 Å². The van der Waals surface area contributed by atoms with Gasteiger partial charge in [0.25, 0.3) is 5.89 Å². The van der Waals surface area contributed by atoms with Crippen LogP contribution >= 0.6 is 11.3 Å². The third-order valence-corrected chi connectivity index (χ3v) is 3.11. The van der Waals surface area contributed by atoms with Gasteiger partial charge in [0.15, 0.2) is 0 Å². The van der Waals surface area contributed by atoms with Crippen molar-refractivity contribution in [3.05, 3.63) is 35.0 Å². The minimum absolute atomic E-state index is 0.412. The van der Waals surface area contributed by atoms with Gasteiger partial charge in [-0.05, 0) is 29.6 Å². The van der Waals surface area contributed by atoms with Gasteiger partial charge < -0.3 is 16.0 Å². The Morgan fingerprint density at radius 3 is 2.50 bits per heavy atom. The molecule has 18 heavy (non-hydrogen) atoms. The lowest BCUT2D eigenvalue weighted by molar-refractivity contribution is 0.432. The molecule has 0 saturated carbocycles. The molecular formula is C12H10N4OS. The summed E-state index contributed by atoms with van der Waals surface area (Å²) < 4.78 is 5.22. The van der Waals surface area contributed by atoms with Gasteiger partial charge in [-0.3, -0.25) is 0 Å². The fraction of sp³-hybridized carbons (Fsp3) is 0. The van der Waals surface area contributed by atoms with Crippen LogP contribution in [0, 0.1) is 0 Å². The number of benzene rings is 1. The summed E-state index contributed by atoms with van der Waals surface area (Å²) in [7, 11) is 0. The van der Waals surface area contributed by atoms with E-state index in [1.807, 2.05) is 16.8 Å². The lowest BCUT2D eigenvalue weighted by Crippen LogP contribution is -1.91. The molecule has 0 saturated heterocycles. The second kappa shape index (κ2) is 4.15. The second-order valence-electron chi connectivity index (χ2n) is 3.82. The predicted molar refractivity (Wildman–Crippen MR) is 71.9 cm³/mol. The van der Waals surface area contributed by atoms with Gasteiger partial charge >= 0.3 is 0 Å². The summed E-state index contributed by atoms with van der Waals surface area (Å²) in [4.78, 5) is 4.32. The number of anilines is 2. The van der Waals surface area contributed by atoms with Gasteiger partial charge in [0.1, 0.15) is 0 Å². The molecule has 0 unspecified atom stereocenters. The number of thiophene rings is 1. The van der Waals surface area contributed by atoms with Crippen LogP contribution in [-0.4, -0.2) is 10.1 Å². The second-order valence-corrected chi connectivity index (χ2v) is 4.60. The van der Waals surface area contributed by atoms with Crippen molar-refractivity contribution in [3.63, 3.8) is 0 Å². The number of aromatic nitrogens is 2. The Balaban J connectivity index is 2.03. The molecule has 2 heterocycles. The van der Waals surface area contributed by atoms with Crippen LogP contribution in [0.4, 0.5) is 11.4 Å². The summed E-state index contributed by atoms with van der Waals surface area (Å²) >= 11 is 1.58. The van der Waals surface area contributed by atoms with E-state index in [0.717, 1.165) is 11.1 Å². The summed E-state index contributed by atoms with van der Waals surface area (Å²) in [6, 6.07) is 7.12. The molecular weight excluding hydrogens is 248 g/mol. The molecule has 5 nitrogen and oxygen atoms in total. The van der Waals surface area contributed by atoms with Gasteiger partial charge in [-0.1, -0.05) is 5.16 Å². The van der Waals surface area contributed by atoms with E-state index in [9.17, 15) is 0 Å². The lowest BCUT2D eigenvalue weighted by Gasteiger charge is -1.99. The van der Waals surface area contributed by atoms with Crippen LogP contribution in [0.15, 0.2) is 39.5 Å². The zero-order valence-electron chi connectivity index (χ0n) is 9.33. The minimum atomic E-state index is 0.412. The first-order valence-corrected chi connectivity index (χ1v) is 6.19. The Labute approximate surface area is 107 Å². The van der Waals surface area contributed by atoms with E-state index in [-0.39, 0.29) is 0 Å². The van der Waals surface area contributed by atoms with Gasteiger partial charge in [0.2, 0.25) is 5.82 Å². The molecule has 90 valence electrons. The van der Waals surface area contributed by atoms with E-state index >= 15 is 0 Å². The first-order valence-electron chi connectivity index (χ1n) is 5.25. The highest BCUT2D eigenvalue weighted by Gasteiger charge is 2.11. The molecule has 4 N–H and O–H groups in total. The zero-order valence-corrected chi connectivity index (χ0v) is 10.1. The Morgan fingerprint density at radius 1 is 1.06 bits per heavy atom. The summed E-state index contributed by atoms with van der Waals surface area (Å²) in [5, 5.41) is 7.86. The van der Waals surface area contributed by atoms with Crippen LogP contribution in [-0.2, 0) is 0 Å². The highest BCUT2D eigenvalue weighted by Crippen LogP contribution is 2.26. The van der Waals surface area contributed by atoms with Gasteiger partial charge in [0, 0.05) is 27.9 Å². The van der Waals surface area contributed by atoms with Gasteiger partial charge in [-0.25, -0.2) is 0 Å². The molecule has 0 atom stereocenters. The number of hydrogen-bond donors (Lipinski definition) is 2. The van der Waals surface area contributed by atoms with Gasteiger partial charge in [-0.15, -0.1) is 0 Å². The van der Waals surface area contributed by atoms with Crippen LogP contribution in [0.5, 0.6) is 0 Å². The smallest absolute Gasteiger partial charge is 0.258 e. The average molecular weight is 258 g/mol. The van der Waals surface area contributed by atoms with Crippen molar-refractivity contribution in [1.82, 2.24) is 10.1 Å². The van der Waals surface area contributed by atoms with Crippen LogP contribution in [0.2, 0.25) is 0 Å². The number of nitrogen functional groups attached to an aromatic ring is 2. The average Bonchev–Trinajstić information content (AvgIpc) is 2.99. The predicted octanol–water partition coefficient (Wildman–Crippen LogP) is 2.63. The van der Waals surface area contributed by atoms with Crippen molar-refractivity contribution in [2.75, 3.05) is 11.5 Å². The number of hydrogen-bond acceptors (Lipinski definition) is 6. The van der Waals surface area contributed by atoms with Crippen molar-refractivity contribution in [2.24, 2.45) is 0 Å². The van der Waals surface area contributed by atoms with Crippen LogP contribution in [0.1, 0.15) is 0 Å². The zero-order chi connectivity index (χ0) is 12.5. The topological polar surface area (TPSA) is 91.0 Å². The summed E-state index contributed by atoms with van der Waals surface area (Å²) in [6.45, 7) is 0. The summed E-state index contributed by atoms with van der Waals surface area (Å²) in [6.07, 6.45) is 0. The molecule has 3 rings (SSSR count). The molecule has 6 heteroatoms. The highest BCUT2D eigenvalue weighted by atomic mass is 32.1. The third-order valence-electron chi connectivity index (χ3n) is 2.43. The molecule has 0 aliphatic heterocycles. The van der Waals surface area contributed by atoms with Gasteiger partial charge in [-0.2, -0.15) is 16.3 Å². The highest BCUT2D eigenvalue weighted by molar-refractivity contribution is 7.08. The normalized spacial score (nSPS) is 10.7. The molecule has 0 fully saturated rings. The first kappa shape index (κ1) is 10.8. The number of rotatable bonds is 2. The molecule has 1 aromatic carbocycles. The summed E-state index contributed by atoms with van der Waals surface area (Å²) in [5.74, 6) is 0.974. The molecule has 0 aliphatic carbocycles. The molecule has 0 bridgehead atoms. The van der Waals surface area contributed by atoms with Crippen LogP contribution < -0.4 is 11.5 Å². The first-order chi connectivity index (χ1) is 8.72. The third kappa shape index (κ3) is 1.93. The van der Waals surface area contributed by atoms with E-state index < -0.39 is 0 Å². The number of nitrogens with two attached hydrogens (primary N) is 2. The molecule has 3 aromatic rings. The van der Waals surface area contributed by atoms with Crippen molar-refractivity contribution in [2.45, 2.75) is 0 Å². The molecule has 0 amide bonds. The van der Waals surface area contributed by atoms with Crippen molar-refractivity contribution in [1.29, 1.82) is 0 Å². The Hall–Kier alpha value is -2.34. The molecule has 0 radical (unpaired) electrons. The Bertz CT molecular complexity index is 655. The molecule has 2 aromatic heterocycles. The van der Waals surface area contributed by atoms with Crippen LogP contribution in [0.3, 0.4) is 0 Å². The Kier molecular flexibility index (Phi) is 2.49. The number of nitrogens with zero attached hydrogens (tertiary/aromatic N) is 2. The van der Waals surface area contributed by atoms with Crippen molar-refractivity contribution < 1.29 is 4.52 Å². The van der Waals surface area contributed by atoms with E-state index in [4.69, 9.17) is 16.0 Å². The standard InChI is InChI=1S/C12H10N4OS/c13-9-3-8(4-10(14)5-9)12-15-11(16-17-12)7-1-2-18-6-7/h1-6H,13-14H2. The SMILES string of the molecule is Nc1cc(N)cc(-c2nc(-c3ccsc3)no2)c1. The molecule has 0 aliphatic rings. The summed E-state index contributed by atoms with van der Waals surface area (Å²) in [5.41, 5.74) is 14.3. The fourth-order valence-electron chi connectivity index (χ4n) is 1.65. The van der Waals surface area contributed by atoms with Crippen molar-refractivity contribution >= 4 is 22.7 Å². The lowest BCUT2D eigenvalue weighted by atomic mass is 10.2. The largest absolute Gasteiger partial charge is 0.399 e. The minimum Gasteiger partial charge on any atom is -0.399 e. The maximum absolute atomic E-state index is 5.73. The van der Waals surface area contributed by atoms with Crippen molar-refractivity contribution in [3.8, 4) is 22.8 Å².